The number of aliphatic carboxylic acids is 1. The molecule has 0 spiro atoms. The summed E-state index contributed by atoms with van der Waals surface area (Å²) in [6, 6.07) is 16.3. The molecular weight excluding hydrogens is 382 g/mol. The van der Waals surface area contributed by atoms with Gasteiger partial charge in [0.1, 0.15) is 12.1 Å². The van der Waals surface area contributed by atoms with Crippen LogP contribution in [0.2, 0.25) is 0 Å². The fraction of sp³-hybridized carbons (Fsp3) is 0.417. The number of carboxylic acids is 1. The molecule has 2 bridgehead atoms. The van der Waals surface area contributed by atoms with Crippen molar-refractivity contribution in [1.29, 1.82) is 0 Å². The molecule has 0 radical (unpaired) electrons. The molecular formula is C24H25NO5. The van der Waals surface area contributed by atoms with E-state index in [9.17, 15) is 14.7 Å². The number of amides is 1. The maximum atomic E-state index is 13.0. The lowest BCUT2D eigenvalue weighted by Crippen LogP contribution is -2.73. The maximum absolute atomic E-state index is 13.0. The van der Waals surface area contributed by atoms with Crippen molar-refractivity contribution in [3.05, 3.63) is 59.7 Å². The van der Waals surface area contributed by atoms with Crippen LogP contribution in [0.5, 0.6) is 0 Å². The lowest BCUT2D eigenvalue weighted by Gasteiger charge is -2.62. The number of rotatable bonds is 5. The zero-order valence-electron chi connectivity index (χ0n) is 17.0. The number of methoxy groups -OCH3 is 1. The fourth-order valence-corrected chi connectivity index (χ4v) is 5.80. The molecule has 2 aromatic carbocycles. The molecule has 1 amide bonds. The molecule has 3 fully saturated rings. The van der Waals surface area contributed by atoms with Crippen molar-refractivity contribution >= 4 is 12.1 Å². The van der Waals surface area contributed by atoms with Crippen LogP contribution < -0.4 is 0 Å². The van der Waals surface area contributed by atoms with Gasteiger partial charge in [-0.15, -0.1) is 0 Å². The minimum absolute atomic E-state index is 0.0408. The summed E-state index contributed by atoms with van der Waals surface area (Å²) >= 11 is 0. The number of fused-ring (bicyclic) bond motifs is 5. The van der Waals surface area contributed by atoms with Gasteiger partial charge in [0.15, 0.2) is 0 Å². The Kier molecular flexibility index (Phi) is 4.36. The highest BCUT2D eigenvalue weighted by Crippen LogP contribution is 2.58. The molecule has 0 unspecified atom stereocenters. The average molecular weight is 407 g/mol. The molecule has 2 aliphatic carbocycles. The second-order valence-electron chi connectivity index (χ2n) is 8.83. The number of hydrogen-bond donors (Lipinski definition) is 1. The van der Waals surface area contributed by atoms with Gasteiger partial charge in [0.05, 0.1) is 6.61 Å². The Morgan fingerprint density at radius 3 is 2.23 bits per heavy atom. The molecule has 2 heterocycles. The molecule has 4 aliphatic rings. The van der Waals surface area contributed by atoms with Gasteiger partial charge in [-0.1, -0.05) is 48.5 Å². The second kappa shape index (κ2) is 6.84. The third-order valence-electron chi connectivity index (χ3n) is 7.12. The van der Waals surface area contributed by atoms with Crippen molar-refractivity contribution in [3.8, 4) is 11.1 Å². The fourth-order valence-electron chi connectivity index (χ4n) is 5.80. The SMILES string of the molecule is COCC12CCN(C(=O)OCC3c4ccccc4-c4ccccc43)C(C(=O)O)(C1)C2. The first-order chi connectivity index (χ1) is 14.5. The van der Waals surface area contributed by atoms with E-state index < -0.39 is 17.6 Å². The summed E-state index contributed by atoms with van der Waals surface area (Å²) in [4.78, 5) is 26.5. The van der Waals surface area contributed by atoms with Crippen LogP contribution in [-0.2, 0) is 14.3 Å². The normalized spacial score (nSPS) is 26.5. The number of nitrogens with zero attached hydrogens (tertiary/aromatic N) is 1. The van der Waals surface area contributed by atoms with Gasteiger partial charge in [-0.3, -0.25) is 4.90 Å². The summed E-state index contributed by atoms with van der Waals surface area (Å²) in [7, 11) is 1.63. The maximum Gasteiger partial charge on any atom is 0.410 e. The van der Waals surface area contributed by atoms with Gasteiger partial charge in [-0.2, -0.15) is 0 Å². The van der Waals surface area contributed by atoms with Gasteiger partial charge in [0.2, 0.25) is 0 Å². The molecule has 1 N–H and O–H groups in total. The van der Waals surface area contributed by atoms with Crippen molar-refractivity contribution in [2.24, 2.45) is 5.41 Å². The third-order valence-corrected chi connectivity index (χ3v) is 7.12. The molecule has 2 saturated heterocycles. The monoisotopic (exact) mass is 407 g/mol. The van der Waals surface area contributed by atoms with Crippen LogP contribution in [0.4, 0.5) is 4.79 Å². The van der Waals surface area contributed by atoms with E-state index in [1.165, 1.54) is 4.90 Å². The summed E-state index contributed by atoms with van der Waals surface area (Å²) in [5, 5.41) is 9.89. The van der Waals surface area contributed by atoms with E-state index in [4.69, 9.17) is 9.47 Å². The zero-order chi connectivity index (χ0) is 20.9. The number of ether oxygens (including phenoxy) is 2. The second-order valence-corrected chi connectivity index (χ2v) is 8.83. The van der Waals surface area contributed by atoms with E-state index in [0.29, 0.717) is 26.0 Å². The Hall–Kier alpha value is -2.86. The largest absolute Gasteiger partial charge is 0.479 e. The third kappa shape index (κ3) is 2.67. The van der Waals surface area contributed by atoms with E-state index in [-0.39, 0.29) is 17.9 Å². The quantitative estimate of drug-likeness (QED) is 0.814. The lowest BCUT2D eigenvalue weighted by atomic mass is 9.52. The van der Waals surface area contributed by atoms with E-state index in [0.717, 1.165) is 28.7 Å². The van der Waals surface area contributed by atoms with E-state index in [2.05, 4.69) is 24.3 Å². The van der Waals surface area contributed by atoms with Crippen LogP contribution in [0.15, 0.2) is 48.5 Å². The first-order valence-electron chi connectivity index (χ1n) is 10.3. The van der Waals surface area contributed by atoms with Crippen LogP contribution >= 0.6 is 0 Å². The predicted octanol–water partition coefficient (Wildman–Crippen LogP) is 3.89. The Morgan fingerprint density at radius 1 is 1.07 bits per heavy atom. The zero-order valence-corrected chi connectivity index (χ0v) is 17.0. The molecule has 156 valence electrons. The number of piperidine rings is 2. The number of carbonyl (C=O) groups is 2. The molecule has 1 saturated carbocycles. The van der Waals surface area contributed by atoms with E-state index in [1.807, 2.05) is 24.3 Å². The highest BCUT2D eigenvalue weighted by atomic mass is 16.6. The van der Waals surface area contributed by atoms with Gasteiger partial charge in [0, 0.05) is 25.0 Å². The highest BCUT2D eigenvalue weighted by Gasteiger charge is 2.66. The van der Waals surface area contributed by atoms with Crippen LogP contribution in [-0.4, -0.2) is 54.5 Å². The first kappa shape index (κ1) is 19.1. The van der Waals surface area contributed by atoms with Gasteiger partial charge in [0.25, 0.3) is 0 Å². The average Bonchev–Trinajstić information content (AvgIpc) is 3.05. The number of carbonyl (C=O) groups excluding carboxylic acids is 1. The summed E-state index contributed by atoms with van der Waals surface area (Å²) in [5.41, 5.74) is 3.31. The summed E-state index contributed by atoms with van der Waals surface area (Å²) < 4.78 is 11.0. The Morgan fingerprint density at radius 2 is 1.67 bits per heavy atom. The first-order valence-corrected chi connectivity index (χ1v) is 10.3. The molecule has 0 atom stereocenters. The van der Waals surface area contributed by atoms with Gasteiger partial charge >= 0.3 is 12.1 Å². The number of benzene rings is 2. The molecule has 2 aliphatic heterocycles. The number of carboxylic acid groups (broad SMARTS) is 1. The standard InChI is InChI=1S/C24H25NO5/c1-29-15-23-10-11-25(24(13-23,14-23)21(26)27)22(28)30-12-20-18-8-4-2-6-16(18)17-7-3-5-9-19(17)20/h2-9,20H,10-15H2,1H3,(H,26,27). The van der Waals surface area contributed by atoms with Crippen molar-refractivity contribution < 1.29 is 24.2 Å². The van der Waals surface area contributed by atoms with E-state index in [1.54, 1.807) is 7.11 Å². The van der Waals surface area contributed by atoms with Gasteiger partial charge in [-0.25, -0.2) is 9.59 Å². The molecule has 6 rings (SSSR count). The summed E-state index contributed by atoms with van der Waals surface area (Å²) in [6.07, 6.45) is 1.05. The lowest BCUT2D eigenvalue weighted by molar-refractivity contribution is -0.190. The Balaban J connectivity index is 1.34. The van der Waals surface area contributed by atoms with Crippen LogP contribution in [0.1, 0.15) is 36.3 Å². The summed E-state index contributed by atoms with van der Waals surface area (Å²) in [5.74, 6) is -0.997. The predicted molar refractivity (Wildman–Crippen MR) is 110 cm³/mol. The van der Waals surface area contributed by atoms with Crippen molar-refractivity contribution in [3.63, 3.8) is 0 Å². The highest BCUT2D eigenvalue weighted by molar-refractivity contribution is 5.87. The van der Waals surface area contributed by atoms with Gasteiger partial charge in [-0.05, 0) is 41.5 Å². The Bertz CT molecular complexity index is 965. The molecule has 6 heteroatoms. The van der Waals surface area contributed by atoms with Crippen molar-refractivity contribution in [2.45, 2.75) is 30.7 Å². The topological polar surface area (TPSA) is 76.1 Å². The van der Waals surface area contributed by atoms with Crippen LogP contribution in [0.3, 0.4) is 0 Å². The van der Waals surface area contributed by atoms with Crippen LogP contribution in [0.25, 0.3) is 11.1 Å². The van der Waals surface area contributed by atoms with E-state index >= 15 is 0 Å². The van der Waals surface area contributed by atoms with Gasteiger partial charge < -0.3 is 14.6 Å². The Labute approximate surface area is 175 Å². The van der Waals surface area contributed by atoms with Crippen molar-refractivity contribution in [2.75, 3.05) is 26.9 Å². The minimum atomic E-state index is -1.17. The molecule has 0 aromatic heterocycles. The van der Waals surface area contributed by atoms with Crippen LogP contribution in [0, 0.1) is 5.41 Å². The number of hydrogen-bond acceptors (Lipinski definition) is 4. The summed E-state index contributed by atoms with van der Waals surface area (Å²) in [6.45, 7) is 1.11. The van der Waals surface area contributed by atoms with Crippen molar-refractivity contribution in [1.82, 2.24) is 4.90 Å². The molecule has 2 aromatic rings. The molecule has 30 heavy (non-hydrogen) atoms. The molecule has 6 nitrogen and oxygen atoms in total. The minimum Gasteiger partial charge on any atom is -0.479 e. The smallest absolute Gasteiger partial charge is 0.410 e.